The molecule has 6 nitrogen and oxygen atoms in total. The van der Waals surface area contributed by atoms with E-state index in [-0.39, 0.29) is 6.54 Å². The molecule has 1 fully saturated rings. The van der Waals surface area contributed by atoms with Crippen LogP contribution in [0, 0.1) is 5.82 Å². The van der Waals surface area contributed by atoms with Crippen LogP contribution in [0.2, 0.25) is 0 Å². The van der Waals surface area contributed by atoms with Gasteiger partial charge in [0.15, 0.2) is 11.4 Å². The van der Waals surface area contributed by atoms with Crippen molar-refractivity contribution in [3.63, 3.8) is 0 Å². The molecule has 3 rings (SSSR count). The number of rotatable bonds is 4. The van der Waals surface area contributed by atoms with Gasteiger partial charge in [-0.3, -0.25) is 14.3 Å². The van der Waals surface area contributed by atoms with Gasteiger partial charge in [0.05, 0.1) is 18.3 Å². The molecule has 1 aromatic heterocycles. The van der Waals surface area contributed by atoms with Crippen LogP contribution in [0.25, 0.3) is 0 Å². The van der Waals surface area contributed by atoms with Crippen LogP contribution in [0.1, 0.15) is 47.3 Å². The lowest BCUT2D eigenvalue weighted by atomic mass is 9.78. The molecule has 1 saturated carbocycles. The quantitative estimate of drug-likeness (QED) is 0.755. The van der Waals surface area contributed by atoms with Crippen molar-refractivity contribution in [1.29, 1.82) is 0 Å². The lowest BCUT2D eigenvalue weighted by Gasteiger charge is -2.31. The number of hydrogen-bond acceptors (Lipinski definition) is 4. The van der Waals surface area contributed by atoms with E-state index in [0.717, 1.165) is 31.2 Å². The van der Waals surface area contributed by atoms with Crippen LogP contribution in [-0.4, -0.2) is 27.8 Å². The Bertz CT molecular complexity index is 995. The first-order chi connectivity index (χ1) is 13.6. The summed E-state index contributed by atoms with van der Waals surface area (Å²) in [6.07, 6.45) is -1.27. The minimum absolute atomic E-state index is 0.0216. The third kappa shape index (κ3) is 3.96. The molecule has 156 valence electrons. The Kier molecular flexibility index (Phi) is 5.38. The topological polar surface area (TPSA) is 84.2 Å². The van der Waals surface area contributed by atoms with Crippen LogP contribution < -0.4 is 10.7 Å². The van der Waals surface area contributed by atoms with Crippen molar-refractivity contribution in [2.75, 3.05) is 7.05 Å². The Morgan fingerprint density at radius 3 is 2.55 bits per heavy atom. The van der Waals surface area contributed by atoms with Crippen LogP contribution in [0.5, 0.6) is 5.75 Å². The molecular weight excluding hydrogens is 394 g/mol. The number of alkyl halides is 3. The normalized spacial score (nSPS) is 16.0. The van der Waals surface area contributed by atoms with Gasteiger partial charge >= 0.3 is 6.18 Å². The highest BCUT2D eigenvalue weighted by Gasteiger charge is 2.40. The highest BCUT2D eigenvalue weighted by molar-refractivity contribution is 5.92. The van der Waals surface area contributed by atoms with Gasteiger partial charge in [-0.25, -0.2) is 4.39 Å². The molecule has 0 aliphatic heterocycles. The van der Waals surface area contributed by atoms with Crippen molar-refractivity contribution in [1.82, 2.24) is 15.1 Å². The van der Waals surface area contributed by atoms with E-state index in [1.165, 1.54) is 17.8 Å². The summed E-state index contributed by atoms with van der Waals surface area (Å²) in [7, 11) is 1.30. The first-order valence-electron chi connectivity index (χ1n) is 8.97. The molecule has 0 spiro atoms. The minimum atomic E-state index is -4.83. The summed E-state index contributed by atoms with van der Waals surface area (Å²) in [6, 6.07) is 2.92. The summed E-state index contributed by atoms with van der Waals surface area (Å²) in [6.45, 7) is 0.0216. The second kappa shape index (κ2) is 7.49. The van der Waals surface area contributed by atoms with Crippen molar-refractivity contribution in [3.05, 3.63) is 57.3 Å². The van der Waals surface area contributed by atoms with Gasteiger partial charge in [0.25, 0.3) is 11.3 Å². The second-order valence-electron chi connectivity index (χ2n) is 7.15. The van der Waals surface area contributed by atoms with Gasteiger partial charge in [0, 0.05) is 12.5 Å². The van der Waals surface area contributed by atoms with Gasteiger partial charge in [0.1, 0.15) is 5.82 Å². The average molecular weight is 413 g/mol. The van der Waals surface area contributed by atoms with Crippen LogP contribution in [0.3, 0.4) is 0 Å². The van der Waals surface area contributed by atoms with E-state index in [2.05, 4.69) is 10.4 Å². The highest BCUT2D eigenvalue weighted by Crippen LogP contribution is 2.44. The van der Waals surface area contributed by atoms with Gasteiger partial charge < -0.3 is 10.4 Å². The standard InChI is InChI=1S/C19H19F4N3O3/c1-24-17(29)15-16(28)14(27)9-26(25-15)10-18(6-2-3-7-18)11-4-5-13(20)12(8-11)19(21,22)23/h4-5,8-9,27H,2-3,6-7,10H2,1H3,(H,24,29). The zero-order valence-corrected chi connectivity index (χ0v) is 15.5. The van der Waals surface area contributed by atoms with E-state index in [0.29, 0.717) is 18.4 Å². The van der Waals surface area contributed by atoms with Crippen molar-refractivity contribution in [2.45, 2.75) is 43.8 Å². The first kappa shape index (κ1) is 20.8. The molecule has 2 aromatic rings. The molecule has 0 unspecified atom stereocenters. The minimum Gasteiger partial charge on any atom is -0.503 e. The maximum absolute atomic E-state index is 13.7. The molecule has 1 aromatic carbocycles. The third-order valence-corrected chi connectivity index (χ3v) is 5.30. The second-order valence-corrected chi connectivity index (χ2v) is 7.15. The maximum Gasteiger partial charge on any atom is 0.419 e. The number of halogens is 4. The summed E-state index contributed by atoms with van der Waals surface area (Å²) < 4.78 is 54.4. The fraction of sp³-hybridized carbons (Fsp3) is 0.421. The van der Waals surface area contributed by atoms with E-state index in [1.54, 1.807) is 0 Å². The van der Waals surface area contributed by atoms with Gasteiger partial charge in [-0.2, -0.15) is 18.3 Å². The number of carbonyl (C=O) groups is 1. The Balaban J connectivity index is 2.07. The fourth-order valence-corrected chi connectivity index (χ4v) is 3.84. The van der Waals surface area contributed by atoms with Gasteiger partial charge in [-0.05, 0) is 30.5 Å². The Labute approximate surface area is 163 Å². The molecule has 1 aliphatic rings. The monoisotopic (exact) mass is 413 g/mol. The fourth-order valence-electron chi connectivity index (χ4n) is 3.84. The summed E-state index contributed by atoms with van der Waals surface area (Å²) in [5, 5.41) is 16.1. The number of benzene rings is 1. The number of carbonyl (C=O) groups excluding carboxylic acids is 1. The number of nitrogens with zero attached hydrogens (tertiary/aromatic N) is 2. The summed E-state index contributed by atoms with van der Waals surface area (Å²) in [5.41, 5.74) is -3.31. The summed E-state index contributed by atoms with van der Waals surface area (Å²) >= 11 is 0. The zero-order valence-electron chi connectivity index (χ0n) is 15.5. The van der Waals surface area contributed by atoms with Gasteiger partial charge in [0.2, 0.25) is 0 Å². The molecular formula is C19H19F4N3O3. The SMILES string of the molecule is CNC(=O)c1nn(CC2(c3ccc(F)c(C(F)(F)F)c3)CCCC2)cc(O)c1=O. The predicted octanol–water partition coefficient (Wildman–Crippen LogP) is 2.98. The van der Waals surface area contributed by atoms with Gasteiger partial charge in [-0.1, -0.05) is 18.9 Å². The molecule has 1 amide bonds. The van der Waals surface area contributed by atoms with Crippen molar-refractivity contribution >= 4 is 5.91 Å². The van der Waals surface area contributed by atoms with Crippen molar-refractivity contribution in [3.8, 4) is 5.75 Å². The van der Waals surface area contributed by atoms with Gasteiger partial charge in [-0.15, -0.1) is 0 Å². The molecule has 1 heterocycles. The van der Waals surface area contributed by atoms with E-state index in [9.17, 15) is 32.3 Å². The summed E-state index contributed by atoms with van der Waals surface area (Å²) in [4.78, 5) is 23.8. The molecule has 0 atom stereocenters. The highest BCUT2D eigenvalue weighted by atomic mass is 19.4. The molecule has 0 saturated heterocycles. The number of hydrogen-bond donors (Lipinski definition) is 2. The first-order valence-corrected chi connectivity index (χ1v) is 8.97. The van der Waals surface area contributed by atoms with E-state index >= 15 is 0 Å². The maximum atomic E-state index is 13.7. The van der Waals surface area contributed by atoms with E-state index < -0.39 is 45.8 Å². The molecule has 0 bridgehead atoms. The third-order valence-electron chi connectivity index (χ3n) is 5.30. The van der Waals surface area contributed by atoms with E-state index in [4.69, 9.17) is 0 Å². The van der Waals surface area contributed by atoms with Crippen LogP contribution in [0.4, 0.5) is 17.6 Å². The predicted molar refractivity (Wildman–Crippen MR) is 95.1 cm³/mol. The number of aromatic hydroxyl groups is 1. The molecule has 0 radical (unpaired) electrons. The number of aromatic nitrogens is 2. The summed E-state index contributed by atoms with van der Waals surface area (Å²) in [5.74, 6) is -2.83. The lowest BCUT2D eigenvalue weighted by Crippen LogP contribution is -2.34. The van der Waals surface area contributed by atoms with Crippen molar-refractivity contribution < 1.29 is 27.5 Å². The zero-order chi connectivity index (χ0) is 21.4. The van der Waals surface area contributed by atoms with Crippen LogP contribution >= 0.6 is 0 Å². The Hall–Kier alpha value is -2.91. The largest absolute Gasteiger partial charge is 0.503 e. The van der Waals surface area contributed by atoms with Crippen LogP contribution in [-0.2, 0) is 18.1 Å². The number of nitrogens with one attached hydrogen (secondary N) is 1. The molecule has 1 aliphatic carbocycles. The number of amides is 1. The lowest BCUT2D eigenvalue weighted by molar-refractivity contribution is -0.140. The van der Waals surface area contributed by atoms with Crippen LogP contribution in [0.15, 0.2) is 29.2 Å². The molecule has 10 heteroatoms. The molecule has 29 heavy (non-hydrogen) atoms. The van der Waals surface area contributed by atoms with E-state index in [1.807, 2.05) is 0 Å². The average Bonchev–Trinajstić information content (AvgIpc) is 3.12. The Morgan fingerprint density at radius 2 is 1.97 bits per heavy atom. The van der Waals surface area contributed by atoms with Crippen molar-refractivity contribution in [2.24, 2.45) is 0 Å². The molecule has 2 N–H and O–H groups in total. The smallest absolute Gasteiger partial charge is 0.419 e. The Morgan fingerprint density at radius 1 is 1.31 bits per heavy atom.